The summed E-state index contributed by atoms with van der Waals surface area (Å²) < 4.78 is 0. The summed E-state index contributed by atoms with van der Waals surface area (Å²) in [7, 11) is 0. The van der Waals surface area contributed by atoms with Crippen molar-refractivity contribution in [1.82, 2.24) is 5.32 Å². The Bertz CT molecular complexity index is 293. The minimum Gasteiger partial charge on any atom is -0.309 e. The quantitative estimate of drug-likeness (QED) is 0.803. The largest absolute Gasteiger partial charge is 0.309 e. The Labute approximate surface area is 89.5 Å². The van der Waals surface area contributed by atoms with Crippen molar-refractivity contribution in [2.75, 3.05) is 0 Å². The van der Waals surface area contributed by atoms with Crippen LogP contribution in [0.4, 0.5) is 0 Å². The average molecular weight is 207 g/mol. The van der Waals surface area contributed by atoms with Gasteiger partial charge in [0.05, 0.1) is 0 Å². The number of hydrogen-bond donors (Lipinski definition) is 1. The second-order valence-corrected chi connectivity index (χ2v) is 5.77. The van der Waals surface area contributed by atoms with E-state index in [1.807, 2.05) is 11.3 Å². The SMILES string of the molecule is c1csc(CN[C@@H]2C[C@H]3CC[C@@H]2C3)c1. The molecule has 0 amide bonds. The van der Waals surface area contributed by atoms with Crippen molar-refractivity contribution in [3.8, 4) is 0 Å². The predicted octanol–water partition coefficient (Wildman–Crippen LogP) is 3.03. The van der Waals surface area contributed by atoms with Gasteiger partial charge in [-0.1, -0.05) is 12.5 Å². The molecule has 0 radical (unpaired) electrons. The molecule has 2 saturated carbocycles. The molecule has 1 nitrogen and oxygen atoms in total. The fourth-order valence-electron chi connectivity index (χ4n) is 3.14. The molecule has 1 aromatic heterocycles. The number of rotatable bonds is 3. The summed E-state index contributed by atoms with van der Waals surface area (Å²) in [6.45, 7) is 1.09. The van der Waals surface area contributed by atoms with Crippen molar-refractivity contribution in [3.05, 3.63) is 22.4 Å². The first-order valence-electron chi connectivity index (χ1n) is 5.67. The van der Waals surface area contributed by atoms with Gasteiger partial charge in [-0.15, -0.1) is 11.3 Å². The molecule has 1 N–H and O–H groups in total. The summed E-state index contributed by atoms with van der Waals surface area (Å²) in [5, 5.41) is 5.89. The molecule has 2 aliphatic carbocycles. The highest BCUT2D eigenvalue weighted by Gasteiger charge is 2.38. The monoisotopic (exact) mass is 207 g/mol. The summed E-state index contributed by atoms with van der Waals surface area (Å²) in [6.07, 6.45) is 5.92. The molecule has 3 atom stereocenters. The van der Waals surface area contributed by atoms with Crippen LogP contribution in [-0.2, 0) is 6.54 Å². The lowest BCUT2D eigenvalue weighted by molar-refractivity contribution is 0.351. The summed E-state index contributed by atoms with van der Waals surface area (Å²) >= 11 is 1.86. The van der Waals surface area contributed by atoms with E-state index in [1.165, 1.54) is 30.6 Å². The van der Waals surface area contributed by atoms with Crippen molar-refractivity contribution in [2.24, 2.45) is 11.8 Å². The third kappa shape index (κ3) is 1.61. The summed E-state index contributed by atoms with van der Waals surface area (Å²) in [4.78, 5) is 1.48. The van der Waals surface area contributed by atoms with Crippen molar-refractivity contribution in [1.29, 1.82) is 0 Å². The molecule has 0 saturated heterocycles. The van der Waals surface area contributed by atoms with Crippen molar-refractivity contribution < 1.29 is 0 Å². The Balaban J connectivity index is 1.54. The average Bonchev–Trinajstić information content (AvgIpc) is 2.91. The third-order valence-corrected chi connectivity index (χ3v) is 4.73. The minimum atomic E-state index is 0.829. The molecule has 76 valence electrons. The predicted molar refractivity (Wildman–Crippen MR) is 60.4 cm³/mol. The Hall–Kier alpha value is -0.340. The second kappa shape index (κ2) is 3.67. The van der Waals surface area contributed by atoms with Crippen LogP contribution in [0, 0.1) is 11.8 Å². The molecular formula is C12H17NS. The highest BCUT2D eigenvalue weighted by atomic mass is 32.1. The van der Waals surface area contributed by atoms with E-state index in [1.54, 1.807) is 0 Å². The summed E-state index contributed by atoms with van der Waals surface area (Å²) in [5.41, 5.74) is 0. The van der Waals surface area contributed by atoms with Gasteiger partial charge in [-0.05, 0) is 42.5 Å². The molecule has 2 aliphatic rings. The molecule has 2 heteroatoms. The van der Waals surface area contributed by atoms with Gasteiger partial charge in [0.25, 0.3) is 0 Å². The van der Waals surface area contributed by atoms with Crippen LogP contribution in [0.2, 0.25) is 0 Å². The molecule has 3 rings (SSSR count). The highest BCUT2D eigenvalue weighted by Crippen LogP contribution is 2.44. The highest BCUT2D eigenvalue weighted by molar-refractivity contribution is 7.09. The van der Waals surface area contributed by atoms with Crippen molar-refractivity contribution in [2.45, 2.75) is 38.3 Å². The van der Waals surface area contributed by atoms with E-state index in [-0.39, 0.29) is 0 Å². The van der Waals surface area contributed by atoms with Gasteiger partial charge < -0.3 is 5.32 Å². The summed E-state index contributed by atoms with van der Waals surface area (Å²) in [5.74, 6) is 2.06. The fourth-order valence-corrected chi connectivity index (χ4v) is 3.80. The molecule has 2 bridgehead atoms. The smallest absolute Gasteiger partial charge is 0.0302 e. The minimum absolute atomic E-state index is 0.829. The van der Waals surface area contributed by atoms with Crippen molar-refractivity contribution >= 4 is 11.3 Å². The van der Waals surface area contributed by atoms with Crippen LogP contribution in [0.25, 0.3) is 0 Å². The maximum Gasteiger partial charge on any atom is 0.0302 e. The van der Waals surface area contributed by atoms with Crippen LogP contribution in [0.1, 0.15) is 30.6 Å². The number of thiophene rings is 1. The van der Waals surface area contributed by atoms with E-state index in [4.69, 9.17) is 0 Å². The van der Waals surface area contributed by atoms with Gasteiger partial charge in [-0.3, -0.25) is 0 Å². The summed E-state index contributed by atoms with van der Waals surface area (Å²) in [6, 6.07) is 5.20. The Kier molecular flexibility index (Phi) is 2.34. The third-order valence-electron chi connectivity index (χ3n) is 3.86. The number of fused-ring (bicyclic) bond motifs is 2. The van der Waals surface area contributed by atoms with Gasteiger partial charge in [0.2, 0.25) is 0 Å². The number of hydrogen-bond acceptors (Lipinski definition) is 2. The normalized spacial score (nSPS) is 35.3. The van der Waals surface area contributed by atoms with Gasteiger partial charge in [0.15, 0.2) is 0 Å². The van der Waals surface area contributed by atoms with E-state index in [9.17, 15) is 0 Å². The van der Waals surface area contributed by atoms with Crippen LogP contribution in [0.5, 0.6) is 0 Å². The molecule has 0 aliphatic heterocycles. The van der Waals surface area contributed by atoms with Gasteiger partial charge >= 0.3 is 0 Å². The van der Waals surface area contributed by atoms with Crippen molar-refractivity contribution in [3.63, 3.8) is 0 Å². The van der Waals surface area contributed by atoms with E-state index in [0.717, 1.165) is 24.4 Å². The first kappa shape index (κ1) is 8.93. The first-order chi connectivity index (χ1) is 6.92. The maximum atomic E-state index is 3.73. The molecule has 0 unspecified atom stereocenters. The van der Waals surface area contributed by atoms with Gasteiger partial charge in [0.1, 0.15) is 0 Å². The van der Waals surface area contributed by atoms with Gasteiger partial charge in [0, 0.05) is 17.5 Å². The number of nitrogens with one attached hydrogen (secondary N) is 1. The molecule has 2 fully saturated rings. The van der Waals surface area contributed by atoms with Gasteiger partial charge in [-0.25, -0.2) is 0 Å². The molecule has 1 aromatic rings. The lowest BCUT2D eigenvalue weighted by Crippen LogP contribution is -2.33. The van der Waals surface area contributed by atoms with E-state index < -0.39 is 0 Å². The molecular weight excluding hydrogens is 190 g/mol. The fraction of sp³-hybridized carbons (Fsp3) is 0.667. The topological polar surface area (TPSA) is 12.0 Å². The Morgan fingerprint density at radius 1 is 1.36 bits per heavy atom. The van der Waals surface area contributed by atoms with Crippen LogP contribution >= 0.6 is 11.3 Å². The van der Waals surface area contributed by atoms with Crippen LogP contribution in [0.3, 0.4) is 0 Å². The lowest BCUT2D eigenvalue weighted by atomic mass is 9.95. The van der Waals surface area contributed by atoms with E-state index in [2.05, 4.69) is 22.8 Å². The van der Waals surface area contributed by atoms with Crippen LogP contribution in [-0.4, -0.2) is 6.04 Å². The molecule has 0 aromatic carbocycles. The zero-order chi connectivity index (χ0) is 9.38. The maximum absolute atomic E-state index is 3.73. The lowest BCUT2D eigenvalue weighted by Gasteiger charge is -2.22. The Morgan fingerprint density at radius 3 is 3.00 bits per heavy atom. The zero-order valence-corrected chi connectivity index (χ0v) is 9.22. The zero-order valence-electron chi connectivity index (χ0n) is 8.41. The van der Waals surface area contributed by atoms with Crippen LogP contribution < -0.4 is 5.32 Å². The van der Waals surface area contributed by atoms with Crippen LogP contribution in [0.15, 0.2) is 17.5 Å². The van der Waals surface area contributed by atoms with E-state index >= 15 is 0 Å². The molecule has 0 spiro atoms. The first-order valence-corrected chi connectivity index (χ1v) is 6.55. The standard InChI is InChI=1S/C12H17NS/c1-2-11(14-5-1)8-13-12-7-9-3-4-10(12)6-9/h1-2,5,9-10,12-13H,3-4,6-8H2/t9-,10+,12+/m0/s1. The molecule has 1 heterocycles. The van der Waals surface area contributed by atoms with Gasteiger partial charge in [-0.2, -0.15) is 0 Å². The Morgan fingerprint density at radius 2 is 2.36 bits per heavy atom. The molecule has 14 heavy (non-hydrogen) atoms. The van der Waals surface area contributed by atoms with E-state index in [0.29, 0.717) is 0 Å². The second-order valence-electron chi connectivity index (χ2n) is 4.74.